The Balaban J connectivity index is 5.47. The average Bonchev–Trinajstić information content (AvgIpc) is 2.73. The van der Waals surface area contributed by atoms with Gasteiger partial charge >= 0.3 is 31.8 Å². The van der Waals surface area contributed by atoms with Gasteiger partial charge in [0.1, 0.15) is 0 Å². The molecule has 0 saturated heterocycles. The fourth-order valence-corrected chi connectivity index (χ4v) is 3.72. The summed E-state index contributed by atoms with van der Waals surface area (Å²) in [7, 11) is -1.53. The van der Waals surface area contributed by atoms with Crippen molar-refractivity contribution in [2.45, 2.75) is 52.7 Å². The minimum Gasteiger partial charge on any atom is -0.481 e. The number of likely N-dealkylation sites (N-methyl/N-ethyl adjacent to an activating group) is 1. The van der Waals surface area contributed by atoms with Crippen molar-refractivity contribution in [3.05, 3.63) is 0 Å². The van der Waals surface area contributed by atoms with Crippen LogP contribution in [0.15, 0.2) is 0 Å². The van der Waals surface area contributed by atoms with Gasteiger partial charge in [-0.15, -0.1) is 0 Å². The monoisotopic (exact) mass is 543 g/mol. The van der Waals surface area contributed by atoms with E-state index in [-0.39, 0.29) is 6.42 Å². The van der Waals surface area contributed by atoms with Crippen LogP contribution >= 0.6 is 7.60 Å². The highest BCUT2D eigenvalue weighted by Crippen LogP contribution is 2.50. The highest BCUT2D eigenvalue weighted by atomic mass is 31.2. The van der Waals surface area contributed by atoms with Gasteiger partial charge in [0, 0.05) is 20.5 Å². The standard InChI is InChI=1S/C20H34NO14P/c1-13(2)34-19(26)30-11-32-36(28,33-12-31-20(27)35-14(3)4)10-15(7-8-17(23)24)18(25)29-9-16(22)21(5)6/h13-15H,7-12H2,1-6H3,(H,23,24). The van der Waals surface area contributed by atoms with Gasteiger partial charge < -0.3 is 33.7 Å². The van der Waals surface area contributed by atoms with E-state index in [4.69, 9.17) is 28.4 Å². The van der Waals surface area contributed by atoms with Gasteiger partial charge in [-0.05, 0) is 34.1 Å². The number of aliphatic carboxylic acids is 1. The molecule has 1 unspecified atom stereocenters. The van der Waals surface area contributed by atoms with Crippen molar-refractivity contribution in [3.8, 4) is 0 Å². The van der Waals surface area contributed by atoms with Gasteiger partial charge in [-0.2, -0.15) is 0 Å². The molecule has 0 spiro atoms. The Morgan fingerprint density at radius 1 is 0.833 bits per heavy atom. The number of esters is 1. The van der Waals surface area contributed by atoms with Crippen LogP contribution < -0.4 is 0 Å². The van der Waals surface area contributed by atoms with E-state index in [2.05, 4.69) is 9.47 Å². The van der Waals surface area contributed by atoms with E-state index < -0.39 is 88.7 Å². The van der Waals surface area contributed by atoms with Crippen LogP contribution in [0.4, 0.5) is 9.59 Å². The van der Waals surface area contributed by atoms with Gasteiger partial charge in [0.25, 0.3) is 5.91 Å². The number of amides is 1. The normalized spacial score (nSPS) is 12.0. The molecule has 0 aromatic carbocycles. The smallest absolute Gasteiger partial charge is 0.481 e. The van der Waals surface area contributed by atoms with Crippen LogP contribution in [-0.2, 0) is 51.7 Å². The molecule has 0 aliphatic carbocycles. The van der Waals surface area contributed by atoms with Crippen LogP contribution in [0.3, 0.4) is 0 Å². The third-order valence-electron chi connectivity index (χ3n) is 3.84. The second kappa shape index (κ2) is 16.7. The van der Waals surface area contributed by atoms with Gasteiger partial charge in [-0.3, -0.25) is 28.0 Å². The van der Waals surface area contributed by atoms with E-state index in [1.54, 1.807) is 27.7 Å². The number of hydrogen-bond donors (Lipinski definition) is 1. The van der Waals surface area contributed by atoms with E-state index in [9.17, 15) is 28.5 Å². The molecule has 16 heteroatoms. The second-order valence-electron chi connectivity index (χ2n) is 7.93. The Morgan fingerprint density at radius 2 is 1.31 bits per heavy atom. The first-order valence-electron chi connectivity index (χ1n) is 10.8. The Morgan fingerprint density at radius 3 is 1.69 bits per heavy atom. The Hall–Kier alpha value is -2.90. The number of nitrogens with zero attached hydrogens (tertiary/aromatic N) is 1. The number of rotatable bonds is 16. The molecule has 1 amide bonds. The number of carboxylic acids is 1. The molecule has 0 radical (unpaired) electrons. The van der Waals surface area contributed by atoms with Crippen LogP contribution in [0.1, 0.15) is 40.5 Å². The Labute approximate surface area is 208 Å². The van der Waals surface area contributed by atoms with Crippen molar-refractivity contribution < 1.29 is 66.4 Å². The molecule has 208 valence electrons. The van der Waals surface area contributed by atoms with Crippen molar-refractivity contribution in [2.24, 2.45) is 5.92 Å². The highest BCUT2D eigenvalue weighted by Gasteiger charge is 2.35. The summed E-state index contributed by atoms with van der Waals surface area (Å²) >= 11 is 0. The molecular weight excluding hydrogens is 509 g/mol. The summed E-state index contributed by atoms with van der Waals surface area (Å²) in [6.07, 6.45) is -4.93. The van der Waals surface area contributed by atoms with E-state index in [0.29, 0.717) is 0 Å². The molecule has 0 aromatic heterocycles. The summed E-state index contributed by atoms with van der Waals surface area (Å²) < 4.78 is 47.1. The fraction of sp³-hybridized carbons (Fsp3) is 0.750. The van der Waals surface area contributed by atoms with Crippen molar-refractivity contribution in [1.29, 1.82) is 0 Å². The second-order valence-corrected chi connectivity index (χ2v) is 10.0. The quantitative estimate of drug-likeness (QED) is 0.129. The van der Waals surface area contributed by atoms with Crippen molar-refractivity contribution in [2.75, 3.05) is 40.5 Å². The van der Waals surface area contributed by atoms with Gasteiger partial charge in [0.05, 0.1) is 24.3 Å². The fourth-order valence-electron chi connectivity index (χ4n) is 2.14. The summed E-state index contributed by atoms with van der Waals surface area (Å²) in [5.41, 5.74) is 0. The lowest BCUT2D eigenvalue weighted by atomic mass is 10.1. The summed E-state index contributed by atoms with van der Waals surface area (Å²) in [6, 6.07) is 0. The van der Waals surface area contributed by atoms with Crippen LogP contribution in [0, 0.1) is 5.92 Å². The maximum absolute atomic E-state index is 13.3. The summed E-state index contributed by atoms with van der Waals surface area (Å²) in [6.45, 7) is 3.73. The van der Waals surface area contributed by atoms with E-state index >= 15 is 0 Å². The van der Waals surface area contributed by atoms with Gasteiger partial charge in [-0.1, -0.05) is 0 Å². The molecule has 1 atom stereocenters. The van der Waals surface area contributed by atoms with Crippen LogP contribution in [-0.4, -0.2) is 92.8 Å². The van der Waals surface area contributed by atoms with Gasteiger partial charge in [0.2, 0.25) is 13.6 Å². The summed E-state index contributed by atoms with van der Waals surface area (Å²) in [4.78, 5) is 59.5. The molecule has 0 bridgehead atoms. The topological polar surface area (TPSA) is 190 Å². The van der Waals surface area contributed by atoms with Crippen LogP contribution in [0.2, 0.25) is 0 Å². The third-order valence-corrected chi connectivity index (χ3v) is 5.72. The number of carbonyl (C=O) groups excluding carboxylic acids is 4. The predicted molar refractivity (Wildman–Crippen MR) is 120 cm³/mol. The zero-order valence-electron chi connectivity index (χ0n) is 21.1. The largest absolute Gasteiger partial charge is 0.510 e. The Bertz CT molecular complexity index is 765. The lowest BCUT2D eigenvalue weighted by Gasteiger charge is -2.23. The summed E-state index contributed by atoms with van der Waals surface area (Å²) in [5.74, 6) is -4.22. The first-order chi connectivity index (χ1) is 16.6. The first-order valence-corrected chi connectivity index (χ1v) is 12.5. The highest BCUT2D eigenvalue weighted by molar-refractivity contribution is 7.53. The maximum Gasteiger partial charge on any atom is 0.510 e. The number of hydrogen-bond acceptors (Lipinski definition) is 13. The SMILES string of the molecule is CC(C)OC(=O)OCOP(=O)(CC(CCC(=O)O)C(=O)OCC(=O)N(C)C)OCOC(=O)OC(C)C. The van der Waals surface area contributed by atoms with Gasteiger partial charge in [-0.25, -0.2) is 9.59 Å². The summed E-state index contributed by atoms with van der Waals surface area (Å²) in [5, 5.41) is 8.99. The third kappa shape index (κ3) is 15.9. The molecule has 0 fully saturated rings. The average molecular weight is 543 g/mol. The molecule has 0 saturated carbocycles. The minimum atomic E-state index is -4.39. The van der Waals surface area contributed by atoms with Crippen molar-refractivity contribution in [1.82, 2.24) is 4.90 Å². The zero-order chi connectivity index (χ0) is 27.9. The number of ether oxygens (including phenoxy) is 5. The lowest BCUT2D eigenvalue weighted by molar-refractivity contribution is -0.154. The molecule has 1 N–H and O–H groups in total. The Kier molecular flexibility index (Phi) is 15.4. The molecular formula is C20H34NO14P. The van der Waals surface area contributed by atoms with Crippen LogP contribution in [0.25, 0.3) is 0 Å². The van der Waals surface area contributed by atoms with Gasteiger partial charge in [0.15, 0.2) is 6.61 Å². The lowest BCUT2D eigenvalue weighted by Crippen LogP contribution is -2.31. The molecule has 0 heterocycles. The van der Waals surface area contributed by atoms with E-state index in [1.165, 1.54) is 14.1 Å². The zero-order valence-corrected chi connectivity index (χ0v) is 22.0. The molecule has 0 aliphatic rings. The minimum absolute atomic E-state index is 0.354. The van der Waals surface area contributed by atoms with Crippen LogP contribution in [0.5, 0.6) is 0 Å². The molecule has 0 aliphatic heterocycles. The number of carboxylic acid groups (broad SMARTS) is 1. The molecule has 15 nitrogen and oxygen atoms in total. The molecule has 36 heavy (non-hydrogen) atoms. The maximum atomic E-state index is 13.3. The first kappa shape index (κ1) is 33.1. The van der Waals surface area contributed by atoms with Crippen molar-refractivity contribution in [3.63, 3.8) is 0 Å². The molecule has 0 aromatic rings. The predicted octanol–water partition coefficient (Wildman–Crippen LogP) is 2.36. The van der Waals surface area contributed by atoms with E-state index in [0.717, 1.165) is 4.90 Å². The van der Waals surface area contributed by atoms with E-state index in [1.807, 2.05) is 0 Å². The molecule has 0 rings (SSSR count). The number of carbonyl (C=O) groups is 5. The van der Waals surface area contributed by atoms with Crippen molar-refractivity contribution >= 4 is 37.8 Å².